The number of hydrogen-bond donors (Lipinski definition) is 2. The number of aryl methyl sites for hydroxylation is 1. The Hall–Kier alpha value is -0.800. The maximum atomic E-state index is 9.97. The van der Waals surface area contributed by atoms with E-state index in [1.54, 1.807) is 0 Å². The Balaban J connectivity index is 1.70. The van der Waals surface area contributed by atoms with Crippen molar-refractivity contribution in [2.24, 2.45) is 5.92 Å². The minimum atomic E-state index is -0.245. The molecule has 1 aliphatic carbocycles. The standard InChI is InChI=1S/C14H23NO2/c16-10-4-2-1-3-8-15-9-7-13(11-15)14(17)12-5-6-12/h7,9,11-12,14,16-17H,1-6,8,10H2. The number of hydrogen-bond acceptors (Lipinski definition) is 2. The third kappa shape index (κ3) is 3.86. The second-order valence-electron chi connectivity index (χ2n) is 5.10. The first kappa shape index (κ1) is 12.7. The fourth-order valence-electron chi connectivity index (χ4n) is 2.22. The zero-order chi connectivity index (χ0) is 12.1. The SMILES string of the molecule is OCCCCCCn1ccc(C(O)C2CC2)c1. The molecule has 1 unspecified atom stereocenters. The predicted octanol–water partition coefficient (Wildman–Crippen LogP) is 2.48. The summed E-state index contributed by atoms with van der Waals surface area (Å²) in [6.45, 7) is 1.32. The van der Waals surface area contributed by atoms with Crippen molar-refractivity contribution >= 4 is 0 Å². The molecule has 17 heavy (non-hydrogen) atoms. The van der Waals surface area contributed by atoms with Crippen molar-refractivity contribution in [3.63, 3.8) is 0 Å². The Kier molecular flexibility index (Phi) is 4.63. The molecule has 3 nitrogen and oxygen atoms in total. The molecular formula is C14H23NO2. The summed E-state index contributed by atoms with van der Waals surface area (Å²) in [4.78, 5) is 0. The molecule has 3 heteroatoms. The first-order chi connectivity index (χ1) is 8.31. The van der Waals surface area contributed by atoms with Crippen LogP contribution in [0.3, 0.4) is 0 Å². The van der Waals surface area contributed by atoms with E-state index in [4.69, 9.17) is 5.11 Å². The molecule has 0 radical (unpaired) electrons. The lowest BCUT2D eigenvalue weighted by Gasteiger charge is -2.06. The third-order valence-corrected chi connectivity index (χ3v) is 3.51. The quantitative estimate of drug-likeness (QED) is 0.682. The summed E-state index contributed by atoms with van der Waals surface area (Å²) in [7, 11) is 0. The van der Waals surface area contributed by atoms with Gasteiger partial charge in [0.1, 0.15) is 0 Å². The van der Waals surface area contributed by atoms with Crippen LogP contribution >= 0.6 is 0 Å². The number of unbranched alkanes of at least 4 members (excludes halogenated alkanes) is 3. The molecule has 2 N–H and O–H groups in total. The summed E-state index contributed by atoms with van der Waals surface area (Å²) < 4.78 is 2.17. The molecule has 0 spiro atoms. The van der Waals surface area contributed by atoms with Crippen LogP contribution in [-0.2, 0) is 6.54 Å². The van der Waals surface area contributed by atoms with Crippen molar-refractivity contribution in [2.75, 3.05) is 6.61 Å². The van der Waals surface area contributed by atoms with Crippen molar-refractivity contribution in [3.8, 4) is 0 Å². The summed E-state index contributed by atoms with van der Waals surface area (Å²) in [6.07, 6.45) is 10.6. The minimum absolute atomic E-state index is 0.245. The Morgan fingerprint density at radius 2 is 2.00 bits per heavy atom. The van der Waals surface area contributed by atoms with Crippen molar-refractivity contribution < 1.29 is 10.2 Å². The van der Waals surface area contributed by atoms with Gasteiger partial charge in [0.05, 0.1) is 6.10 Å². The molecule has 0 aromatic carbocycles. The molecule has 0 aliphatic heterocycles. The summed E-state index contributed by atoms with van der Waals surface area (Å²) in [6, 6.07) is 2.04. The number of nitrogens with zero attached hydrogens (tertiary/aromatic N) is 1. The number of aromatic nitrogens is 1. The molecule has 96 valence electrons. The van der Waals surface area contributed by atoms with Crippen molar-refractivity contribution in [2.45, 2.75) is 51.2 Å². The van der Waals surface area contributed by atoms with E-state index >= 15 is 0 Å². The van der Waals surface area contributed by atoms with Gasteiger partial charge in [0.2, 0.25) is 0 Å². The molecule has 1 atom stereocenters. The molecule has 1 aromatic heterocycles. The fraction of sp³-hybridized carbons (Fsp3) is 0.714. The monoisotopic (exact) mass is 237 g/mol. The first-order valence-electron chi connectivity index (χ1n) is 6.76. The highest BCUT2D eigenvalue weighted by molar-refractivity contribution is 5.16. The number of rotatable bonds is 8. The second-order valence-corrected chi connectivity index (χ2v) is 5.10. The maximum absolute atomic E-state index is 9.97. The maximum Gasteiger partial charge on any atom is 0.0832 e. The predicted molar refractivity (Wildman–Crippen MR) is 67.7 cm³/mol. The van der Waals surface area contributed by atoms with Crippen LogP contribution < -0.4 is 0 Å². The molecule has 1 aromatic rings. The molecule has 1 fully saturated rings. The topological polar surface area (TPSA) is 45.4 Å². The van der Waals surface area contributed by atoms with E-state index in [1.807, 2.05) is 6.07 Å². The molecule has 1 saturated carbocycles. The van der Waals surface area contributed by atoms with Crippen LogP contribution in [0.25, 0.3) is 0 Å². The summed E-state index contributed by atoms with van der Waals surface area (Å²) in [5.41, 5.74) is 1.07. The van der Waals surface area contributed by atoms with E-state index in [1.165, 1.54) is 19.3 Å². The van der Waals surface area contributed by atoms with Gasteiger partial charge in [-0.1, -0.05) is 12.8 Å². The van der Waals surface area contributed by atoms with E-state index < -0.39 is 0 Å². The summed E-state index contributed by atoms with van der Waals surface area (Å²) in [5.74, 6) is 0.510. The van der Waals surface area contributed by atoms with Gasteiger partial charge < -0.3 is 14.8 Å². The lowest BCUT2D eigenvalue weighted by Crippen LogP contribution is -1.99. The molecule has 1 heterocycles. The molecule has 2 rings (SSSR count). The minimum Gasteiger partial charge on any atom is -0.396 e. The lowest BCUT2D eigenvalue weighted by molar-refractivity contribution is 0.154. The fourth-order valence-corrected chi connectivity index (χ4v) is 2.22. The molecule has 0 amide bonds. The van der Waals surface area contributed by atoms with Gasteiger partial charge in [-0.2, -0.15) is 0 Å². The Morgan fingerprint density at radius 1 is 1.24 bits per heavy atom. The number of aliphatic hydroxyl groups excluding tert-OH is 2. The first-order valence-corrected chi connectivity index (χ1v) is 6.76. The summed E-state index contributed by atoms with van der Waals surface area (Å²) >= 11 is 0. The molecular weight excluding hydrogens is 214 g/mol. The average Bonchev–Trinajstić information content (AvgIpc) is 3.08. The van der Waals surface area contributed by atoms with Crippen LogP contribution in [0, 0.1) is 5.92 Å². The van der Waals surface area contributed by atoms with Crippen LogP contribution in [-0.4, -0.2) is 21.4 Å². The highest BCUT2D eigenvalue weighted by atomic mass is 16.3. The van der Waals surface area contributed by atoms with E-state index in [0.29, 0.717) is 12.5 Å². The van der Waals surface area contributed by atoms with E-state index in [9.17, 15) is 5.11 Å². The Labute approximate surface area is 103 Å². The highest BCUT2D eigenvalue weighted by Crippen LogP contribution is 2.40. The van der Waals surface area contributed by atoms with Crippen LogP contribution in [0.1, 0.15) is 50.2 Å². The van der Waals surface area contributed by atoms with Crippen molar-refractivity contribution in [1.82, 2.24) is 4.57 Å². The smallest absolute Gasteiger partial charge is 0.0832 e. The number of aliphatic hydroxyl groups is 2. The van der Waals surface area contributed by atoms with Crippen molar-refractivity contribution in [3.05, 3.63) is 24.0 Å². The summed E-state index contributed by atoms with van der Waals surface area (Å²) in [5, 5.41) is 18.6. The lowest BCUT2D eigenvalue weighted by atomic mass is 10.1. The van der Waals surface area contributed by atoms with Gasteiger partial charge in [-0.05, 0) is 43.2 Å². The van der Waals surface area contributed by atoms with Crippen LogP contribution in [0.15, 0.2) is 18.5 Å². The van der Waals surface area contributed by atoms with Gasteiger partial charge in [-0.3, -0.25) is 0 Å². The zero-order valence-corrected chi connectivity index (χ0v) is 10.4. The highest BCUT2D eigenvalue weighted by Gasteiger charge is 2.30. The zero-order valence-electron chi connectivity index (χ0n) is 10.4. The van der Waals surface area contributed by atoms with E-state index in [-0.39, 0.29) is 6.10 Å². The third-order valence-electron chi connectivity index (χ3n) is 3.51. The Morgan fingerprint density at radius 3 is 2.71 bits per heavy atom. The van der Waals surface area contributed by atoms with Gasteiger partial charge >= 0.3 is 0 Å². The molecule has 0 saturated heterocycles. The molecule has 0 bridgehead atoms. The van der Waals surface area contributed by atoms with Gasteiger partial charge in [-0.15, -0.1) is 0 Å². The Bertz CT molecular complexity index is 331. The average molecular weight is 237 g/mol. The van der Waals surface area contributed by atoms with Gasteiger partial charge in [-0.25, -0.2) is 0 Å². The van der Waals surface area contributed by atoms with E-state index in [2.05, 4.69) is 17.0 Å². The van der Waals surface area contributed by atoms with Crippen LogP contribution in [0.2, 0.25) is 0 Å². The molecule has 1 aliphatic rings. The van der Waals surface area contributed by atoms with Crippen molar-refractivity contribution in [1.29, 1.82) is 0 Å². The van der Waals surface area contributed by atoms with Gasteiger partial charge in [0.15, 0.2) is 0 Å². The van der Waals surface area contributed by atoms with Crippen LogP contribution in [0.4, 0.5) is 0 Å². The second kappa shape index (κ2) is 6.22. The van der Waals surface area contributed by atoms with Gasteiger partial charge in [0, 0.05) is 25.5 Å². The van der Waals surface area contributed by atoms with E-state index in [0.717, 1.165) is 31.4 Å². The van der Waals surface area contributed by atoms with Gasteiger partial charge in [0.25, 0.3) is 0 Å². The van der Waals surface area contributed by atoms with Crippen LogP contribution in [0.5, 0.6) is 0 Å². The normalized spacial score (nSPS) is 17.3. The largest absolute Gasteiger partial charge is 0.396 e.